The number of amides is 2. The first-order valence-corrected chi connectivity index (χ1v) is 7.94. The van der Waals surface area contributed by atoms with E-state index >= 15 is 0 Å². The molecule has 0 aliphatic carbocycles. The van der Waals surface area contributed by atoms with Gasteiger partial charge in [-0.15, -0.1) is 11.3 Å². The normalized spacial score (nSPS) is 22.3. The van der Waals surface area contributed by atoms with E-state index in [4.69, 9.17) is 0 Å². The van der Waals surface area contributed by atoms with Gasteiger partial charge < -0.3 is 15.3 Å². The summed E-state index contributed by atoms with van der Waals surface area (Å²) in [4.78, 5) is 29.9. The Balaban J connectivity index is 2.18. The van der Waals surface area contributed by atoms with Crippen LogP contribution >= 0.6 is 11.3 Å². The van der Waals surface area contributed by atoms with E-state index in [1.165, 1.54) is 16.2 Å². The van der Waals surface area contributed by atoms with Crippen LogP contribution in [0.25, 0.3) is 0 Å². The minimum Gasteiger partial charge on any atom is -0.479 e. The van der Waals surface area contributed by atoms with E-state index in [1.807, 2.05) is 26.2 Å². The van der Waals surface area contributed by atoms with Gasteiger partial charge in [0.2, 0.25) is 0 Å². The Kier molecular flexibility index (Phi) is 4.22. The van der Waals surface area contributed by atoms with Gasteiger partial charge >= 0.3 is 12.0 Å². The molecule has 2 rings (SSSR count). The van der Waals surface area contributed by atoms with E-state index in [0.29, 0.717) is 25.8 Å². The van der Waals surface area contributed by atoms with E-state index in [0.717, 1.165) is 5.01 Å². The molecule has 6 nitrogen and oxygen atoms in total. The lowest BCUT2D eigenvalue weighted by molar-refractivity contribution is -0.148. The molecule has 2 N–H and O–H groups in total. The molecule has 7 heteroatoms. The van der Waals surface area contributed by atoms with Crippen molar-refractivity contribution < 1.29 is 14.7 Å². The van der Waals surface area contributed by atoms with Gasteiger partial charge in [-0.1, -0.05) is 6.92 Å². The van der Waals surface area contributed by atoms with Gasteiger partial charge in [-0.25, -0.2) is 14.6 Å². The first-order chi connectivity index (χ1) is 9.83. The predicted molar refractivity (Wildman–Crippen MR) is 80.3 cm³/mol. The first-order valence-electron chi connectivity index (χ1n) is 7.06. The van der Waals surface area contributed by atoms with Crippen molar-refractivity contribution >= 4 is 23.3 Å². The second kappa shape index (κ2) is 5.63. The molecule has 1 unspecified atom stereocenters. The number of aliphatic carboxylic acids is 1. The molecule has 1 aromatic rings. The smallest absolute Gasteiger partial charge is 0.329 e. The van der Waals surface area contributed by atoms with Crippen molar-refractivity contribution in [3.8, 4) is 0 Å². The molecule has 21 heavy (non-hydrogen) atoms. The van der Waals surface area contributed by atoms with Gasteiger partial charge in [-0.05, 0) is 33.1 Å². The van der Waals surface area contributed by atoms with Crippen molar-refractivity contribution in [1.29, 1.82) is 0 Å². The molecular formula is C14H21N3O3S. The van der Waals surface area contributed by atoms with Crippen molar-refractivity contribution in [3.63, 3.8) is 0 Å². The maximum Gasteiger partial charge on any atom is 0.329 e. The van der Waals surface area contributed by atoms with Crippen LogP contribution in [0.5, 0.6) is 0 Å². The van der Waals surface area contributed by atoms with Crippen molar-refractivity contribution in [2.75, 3.05) is 6.54 Å². The minimum atomic E-state index is -1.08. The number of thiazole rings is 1. The SMILES string of the molecule is CCC1(C(=O)O)CCCN1C(=O)NC(C)(C)c1nccs1. The maximum absolute atomic E-state index is 12.6. The summed E-state index contributed by atoms with van der Waals surface area (Å²) in [6.07, 6.45) is 3.32. The van der Waals surface area contributed by atoms with Crippen LogP contribution < -0.4 is 5.32 Å². The molecule has 1 aliphatic heterocycles. The third-order valence-corrected chi connectivity index (χ3v) is 5.20. The number of rotatable bonds is 4. The lowest BCUT2D eigenvalue weighted by Crippen LogP contribution is -2.58. The molecule has 1 saturated heterocycles. The van der Waals surface area contributed by atoms with Crippen molar-refractivity contribution in [1.82, 2.24) is 15.2 Å². The summed E-state index contributed by atoms with van der Waals surface area (Å²) in [5, 5.41) is 15.1. The Morgan fingerprint density at radius 2 is 2.29 bits per heavy atom. The summed E-state index contributed by atoms with van der Waals surface area (Å²) in [5.74, 6) is -0.926. The number of hydrogen-bond donors (Lipinski definition) is 2. The molecule has 2 heterocycles. The van der Waals surface area contributed by atoms with Crippen molar-refractivity contribution in [2.45, 2.75) is 51.1 Å². The second-order valence-electron chi connectivity index (χ2n) is 5.84. The minimum absolute atomic E-state index is 0.336. The van der Waals surface area contributed by atoms with Crippen LogP contribution in [0.2, 0.25) is 0 Å². The number of nitrogens with one attached hydrogen (secondary N) is 1. The highest BCUT2D eigenvalue weighted by atomic mass is 32.1. The zero-order chi connectivity index (χ0) is 15.7. The molecule has 0 saturated carbocycles. The molecule has 1 aliphatic rings. The fraction of sp³-hybridized carbons (Fsp3) is 0.643. The molecule has 0 bridgehead atoms. The van der Waals surface area contributed by atoms with Crippen LogP contribution in [0.4, 0.5) is 4.79 Å². The average molecular weight is 311 g/mol. The standard InChI is InChI=1S/C14H21N3O3S/c1-4-14(11(18)19)6-5-8-17(14)12(20)16-13(2,3)10-15-7-9-21-10/h7,9H,4-6,8H2,1-3H3,(H,16,20)(H,18,19). The van der Waals surface area contributed by atoms with E-state index < -0.39 is 17.0 Å². The average Bonchev–Trinajstić information content (AvgIpc) is 3.08. The van der Waals surface area contributed by atoms with Crippen LogP contribution in [0.1, 0.15) is 45.0 Å². The van der Waals surface area contributed by atoms with Crippen LogP contribution in [0.15, 0.2) is 11.6 Å². The Labute approximate surface area is 128 Å². The zero-order valence-corrected chi connectivity index (χ0v) is 13.4. The van der Waals surface area contributed by atoms with Crippen LogP contribution in [0, 0.1) is 0 Å². The summed E-state index contributed by atoms with van der Waals surface area (Å²) in [7, 11) is 0. The lowest BCUT2D eigenvalue weighted by atomic mass is 9.93. The van der Waals surface area contributed by atoms with Gasteiger partial charge in [0.1, 0.15) is 10.5 Å². The molecule has 0 spiro atoms. The van der Waals surface area contributed by atoms with Crippen molar-refractivity contribution in [3.05, 3.63) is 16.6 Å². The Bertz CT molecular complexity index is 530. The third-order valence-electron chi connectivity index (χ3n) is 4.10. The van der Waals surface area contributed by atoms with E-state index in [-0.39, 0.29) is 6.03 Å². The van der Waals surface area contributed by atoms with E-state index in [9.17, 15) is 14.7 Å². The number of likely N-dealkylation sites (tertiary alicyclic amines) is 1. The topological polar surface area (TPSA) is 82.5 Å². The first kappa shape index (κ1) is 15.8. The maximum atomic E-state index is 12.6. The summed E-state index contributed by atoms with van der Waals surface area (Å²) in [5.41, 5.74) is -1.70. The van der Waals surface area contributed by atoms with Crippen LogP contribution in [0.3, 0.4) is 0 Å². The summed E-state index contributed by atoms with van der Waals surface area (Å²) in [6.45, 7) is 6.02. The number of nitrogens with zero attached hydrogens (tertiary/aromatic N) is 2. The fourth-order valence-electron chi connectivity index (χ4n) is 2.84. The van der Waals surface area contributed by atoms with Crippen LogP contribution in [-0.2, 0) is 10.3 Å². The summed E-state index contributed by atoms with van der Waals surface area (Å²) < 4.78 is 0. The monoisotopic (exact) mass is 311 g/mol. The Morgan fingerprint density at radius 3 is 2.81 bits per heavy atom. The Morgan fingerprint density at radius 1 is 1.57 bits per heavy atom. The molecule has 1 atom stereocenters. The third kappa shape index (κ3) is 2.74. The van der Waals surface area contributed by atoms with Crippen molar-refractivity contribution in [2.24, 2.45) is 0 Å². The lowest BCUT2D eigenvalue weighted by Gasteiger charge is -2.36. The largest absolute Gasteiger partial charge is 0.479 e. The molecule has 1 aromatic heterocycles. The fourth-order valence-corrected chi connectivity index (χ4v) is 3.55. The number of aromatic nitrogens is 1. The van der Waals surface area contributed by atoms with E-state index in [1.54, 1.807) is 6.20 Å². The number of carboxylic acid groups (broad SMARTS) is 1. The molecule has 1 fully saturated rings. The highest BCUT2D eigenvalue weighted by Gasteiger charge is 2.49. The molecule has 116 valence electrons. The number of carboxylic acids is 1. The molecular weight excluding hydrogens is 290 g/mol. The number of carbonyl (C=O) groups is 2. The van der Waals surface area contributed by atoms with Gasteiger partial charge in [0.25, 0.3) is 0 Å². The highest BCUT2D eigenvalue weighted by Crippen LogP contribution is 2.33. The Hall–Kier alpha value is -1.63. The van der Waals surface area contributed by atoms with Gasteiger partial charge in [0.15, 0.2) is 0 Å². The zero-order valence-electron chi connectivity index (χ0n) is 12.5. The van der Waals surface area contributed by atoms with Gasteiger partial charge in [0, 0.05) is 18.1 Å². The molecule has 0 aromatic carbocycles. The number of urea groups is 1. The second-order valence-corrected chi connectivity index (χ2v) is 6.73. The predicted octanol–water partition coefficient (Wildman–Crippen LogP) is 2.42. The van der Waals surface area contributed by atoms with E-state index in [2.05, 4.69) is 10.3 Å². The molecule has 0 radical (unpaired) electrons. The number of hydrogen-bond acceptors (Lipinski definition) is 4. The number of carbonyl (C=O) groups excluding carboxylic acids is 1. The summed E-state index contributed by atoms with van der Waals surface area (Å²) in [6, 6.07) is -0.336. The quantitative estimate of drug-likeness (QED) is 0.894. The molecule has 2 amide bonds. The van der Waals surface area contributed by atoms with Crippen LogP contribution in [-0.4, -0.2) is 39.1 Å². The van der Waals surface area contributed by atoms with Gasteiger partial charge in [-0.2, -0.15) is 0 Å². The highest BCUT2D eigenvalue weighted by molar-refractivity contribution is 7.09. The van der Waals surface area contributed by atoms with Gasteiger partial charge in [0.05, 0.1) is 5.54 Å². The van der Waals surface area contributed by atoms with Gasteiger partial charge in [-0.3, -0.25) is 0 Å². The summed E-state index contributed by atoms with van der Waals surface area (Å²) >= 11 is 1.47.